The van der Waals surface area contributed by atoms with E-state index >= 15 is 0 Å². The maximum Gasteiger partial charge on any atom is 0.359 e. The van der Waals surface area contributed by atoms with E-state index in [4.69, 9.17) is 4.74 Å². The van der Waals surface area contributed by atoms with Crippen LogP contribution in [0.5, 0.6) is 0 Å². The average molecular weight is 469 g/mol. The molecule has 0 unspecified atom stereocenters. The van der Waals surface area contributed by atoms with Crippen LogP contribution in [-0.4, -0.2) is 27.6 Å². The van der Waals surface area contributed by atoms with Crippen molar-refractivity contribution in [1.29, 1.82) is 0 Å². The summed E-state index contributed by atoms with van der Waals surface area (Å²) in [6, 6.07) is 11.8. The van der Waals surface area contributed by atoms with Crippen LogP contribution in [0.15, 0.2) is 53.6 Å². The zero-order valence-electron chi connectivity index (χ0n) is 19.3. The van der Waals surface area contributed by atoms with Crippen molar-refractivity contribution in [3.05, 3.63) is 74.3 Å². The maximum absolute atomic E-state index is 13.3. The lowest BCUT2D eigenvalue weighted by atomic mass is 9.75. The molecule has 0 aromatic heterocycles. The molecule has 1 N–H and O–H groups in total. The molecule has 0 aliphatic heterocycles. The molecule has 1 fully saturated rings. The second-order valence-electron chi connectivity index (χ2n) is 8.92. The fraction of sp³-hybridized carbons (Fsp3) is 0.417. The number of non-ortho nitro benzene ring substituents is 1. The minimum atomic E-state index is -0.748. The van der Waals surface area contributed by atoms with Crippen molar-refractivity contribution < 1.29 is 19.4 Å². The van der Waals surface area contributed by atoms with Crippen molar-refractivity contribution >= 4 is 28.7 Å². The van der Waals surface area contributed by atoms with E-state index in [1.165, 1.54) is 6.07 Å². The standard InChI is InChI=1S/C24H28N4O6/c1-15(2)19-11-9-16(3)13-22(19)34-24(29)23(17-7-5-4-6-8-17)26-25-20-12-10-18(27(30)31)14-21(20)28(32)33/h4-8,10,12,14-16,19,22,25H,9,11,13H2,1-3H3/b26-23-/t16-,19-,22+/m0/s1. The molecule has 1 saturated carbocycles. The van der Waals surface area contributed by atoms with Crippen molar-refractivity contribution in [3.8, 4) is 0 Å². The summed E-state index contributed by atoms with van der Waals surface area (Å²) in [5.74, 6) is 0.392. The van der Waals surface area contributed by atoms with Gasteiger partial charge in [-0.1, -0.05) is 57.5 Å². The fourth-order valence-corrected chi connectivity index (χ4v) is 4.26. The first kappa shape index (κ1) is 24.8. The van der Waals surface area contributed by atoms with E-state index < -0.39 is 27.2 Å². The van der Waals surface area contributed by atoms with Gasteiger partial charge in [0.05, 0.1) is 15.9 Å². The summed E-state index contributed by atoms with van der Waals surface area (Å²) in [4.78, 5) is 34.2. The van der Waals surface area contributed by atoms with E-state index in [2.05, 4.69) is 31.3 Å². The Balaban J connectivity index is 1.92. The zero-order chi connectivity index (χ0) is 24.8. The van der Waals surface area contributed by atoms with Crippen LogP contribution in [0.25, 0.3) is 0 Å². The quantitative estimate of drug-likeness (QED) is 0.239. The highest BCUT2D eigenvalue weighted by atomic mass is 16.6. The van der Waals surface area contributed by atoms with Gasteiger partial charge in [-0.3, -0.25) is 25.7 Å². The monoisotopic (exact) mass is 468 g/mol. The minimum absolute atomic E-state index is 0.0333. The number of nitrogens with zero attached hydrogens (tertiary/aromatic N) is 3. The summed E-state index contributed by atoms with van der Waals surface area (Å²) in [5, 5.41) is 26.6. The molecule has 0 bridgehead atoms. The Morgan fingerprint density at radius 2 is 1.79 bits per heavy atom. The number of carbonyl (C=O) groups excluding carboxylic acids is 1. The van der Waals surface area contributed by atoms with Gasteiger partial charge in [0, 0.05) is 11.6 Å². The predicted molar refractivity (Wildman–Crippen MR) is 128 cm³/mol. The smallest absolute Gasteiger partial charge is 0.359 e. The summed E-state index contributed by atoms with van der Waals surface area (Å²) in [7, 11) is 0. The van der Waals surface area contributed by atoms with E-state index in [-0.39, 0.29) is 23.4 Å². The maximum atomic E-state index is 13.3. The Hall–Kier alpha value is -3.82. The number of benzene rings is 2. The van der Waals surface area contributed by atoms with E-state index in [1.54, 1.807) is 30.3 Å². The molecular weight excluding hydrogens is 440 g/mol. The minimum Gasteiger partial charge on any atom is -0.457 e. The summed E-state index contributed by atoms with van der Waals surface area (Å²) in [6.45, 7) is 6.37. The SMILES string of the molecule is CC(C)[C@@H]1CC[C@H](C)C[C@H]1OC(=O)/C(=N\Nc1ccc([N+](=O)[O-])cc1[N+](=O)[O-])c1ccccc1. The van der Waals surface area contributed by atoms with Crippen LogP contribution < -0.4 is 5.43 Å². The molecule has 0 spiro atoms. The summed E-state index contributed by atoms with van der Waals surface area (Å²) < 4.78 is 5.94. The Kier molecular flexibility index (Phi) is 7.93. The number of hydrogen-bond donors (Lipinski definition) is 1. The number of hydrazone groups is 1. The van der Waals surface area contributed by atoms with Gasteiger partial charge >= 0.3 is 11.7 Å². The number of anilines is 1. The summed E-state index contributed by atoms with van der Waals surface area (Å²) >= 11 is 0. The van der Waals surface area contributed by atoms with Crippen LogP contribution in [-0.2, 0) is 9.53 Å². The molecular formula is C24H28N4O6. The Morgan fingerprint density at radius 3 is 2.41 bits per heavy atom. The third-order valence-corrected chi connectivity index (χ3v) is 6.14. The normalized spacial score (nSPS) is 20.6. The number of esters is 1. The molecule has 2 aromatic carbocycles. The number of nitro benzene ring substituents is 2. The number of carbonyl (C=O) groups is 1. The molecule has 180 valence electrons. The highest BCUT2D eigenvalue weighted by Gasteiger charge is 2.34. The van der Waals surface area contributed by atoms with Gasteiger partial charge in [-0.05, 0) is 36.7 Å². The first-order chi connectivity index (χ1) is 16.2. The van der Waals surface area contributed by atoms with Crippen molar-refractivity contribution in [2.75, 3.05) is 5.43 Å². The van der Waals surface area contributed by atoms with Crippen molar-refractivity contribution in [3.63, 3.8) is 0 Å². The van der Waals surface area contributed by atoms with Gasteiger partial charge in [0.1, 0.15) is 11.8 Å². The molecule has 10 nitrogen and oxygen atoms in total. The predicted octanol–water partition coefficient (Wildman–Crippen LogP) is 5.32. The first-order valence-corrected chi connectivity index (χ1v) is 11.2. The lowest BCUT2D eigenvalue weighted by Crippen LogP contribution is -2.37. The third kappa shape index (κ3) is 5.94. The second-order valence-corrected chi connectivity index (χ2v) is 8.92. The Morgan fingerprint density at radius 1 is 1.09 bits per heavy atom. The summed E-state index contributed by atoms with van der Waals surface area (Å²) in [5.41, 5.74) is 1.96. The van der Waals surface area contributed by atoms with Gasteiger partial charge in [0.25, 0.3) is 5.69 Å². The molecule has 10 heteroatoms. The molecule has 3 rings (SSSR count). The number of nitrogens with one attached hydrogen (secondary N) is 1. The van der Waals surface area contributed by atoms with Gasteiger partial charge in [-0.2, -0.15) is 5.10 Å². The first-order valence-electron chi connectivity index (χ1n) is 11.2. The van der Waals surface area contributed by atoms with Gasteiger partial charge < -0.3 is 4.74 Å². The number of rotatable bonds is 8. The summed E-state index contributed by atoms with van der Waals surface area (Å²) in [6.07, 6.45) is 2.57. The molecule has 0 radical (unpaired) electrons. The van der Waals surface area contributed by atoms with Crippen LogP contribution >= 0.6 is 0 Å². The zero-order valence-corrected chi connectivity index (χ0v) is 19.3. The van der Waals surface area contributed by atoms with Crippen LogP contribution in [0.4, 0.5) is 17.1 Å². The molecule has 2 aromatic rings. The van der Waals surface area contributed by atoms with Gasteiger partial charge in [-0.25, -0.2) is 4.79 Å². The second kappa shape index (κ2) is 10.9. The number of nitro groups is 2. The van der Waals surface area contributed by atoms with E-state index in [1.807, 2.05) is 0 Å². The lowest BCUT2D eigenvalue weighted by Gasteiger charge is -2.36. The van der Waals surface area contributed by atoms with Gasteiger partial charge in [0.15, 0.2) is 5.71 Å². The molecule has 34 heavy (non-hydrogen) atoms. The highest BCUT2D eigenvalue weighted by molar-refractivity contribution is 6.43. The molecule has 0 saturated heterocycles. The van der Waals surface area contributed by atoms with Crippen molar-refractivity contribution in [2.24, 2.45) is 22.9 Å². The molecule has 0 amide bonds. The number of hydrogen-bond acceptors (Lipinski definition) is 8. The number of ether oxygens (including phenoxy) is 1. The van der Waals surface area contributed by atoms with Crippen LogP contribution in [0.2, 0.25) is 0 Å². The van der Waals surface area contributed by atoms with Crippen molar-refractivity contribution in [2.45, 2.75) is 46.1 Å². The Labute approximate surface area is 197 Å². The van der Waals surface area contributed by atoms with E-state index in [9.17, 15) is 25.0 Å². The van der Waals surface area contributed by atoms with Gasteiger partial charge in [-0.15, -0.1) is 0 Å². The largest absolute Gasteiger partial charge is 0.457 e. The third-order valence-electron chi connectivity index (χ3n) is 6.14. The molecule has 3 atom stereocenters. The lowest BCUT2D eigenvalue weighted by molar-refractivity contribution is -0.393. The Bertz CT molecular complexity index is 1090. The average Bonchev–Trinajstić information content (AvgIpc) is 2.79. The van der Waals surface area contributed by atoms with Crippen molar-refractivity contribution in [1.82, 2.24) is 0 Å². The van der Waals surface area contributed by atoms with Gasteiger partial charge in [0.2, 0.25) is 0 Å². The molecule has 1 aliphatic rings. The van der Waals surface area contributed by atoms with Crippen LogP contribution in [0.1, 0.15) is 45.6 Å². The van der Waals surface area contributed by atoms with E-state index in [0.29, 0.717) is 17.4 Å². The topological polar surface area (TPSA) is 137 Å². The van der Waals surface area contributed by atoms with Crippen LogP contribution in [0.3, 0.4) is 0 Å². The molecule has 0 heterocycles. The van der Waals surface area contributed by atoms with Crippen LogP contribution in [0, 0.1) is 38.0 Å². The fourth-order valence-electron chi connectivity index (χ4n) is 4.26. The molecule has 1 aliphatic carbocycles. The van der Waals surface area contributed by atoms with E-state index in [0.717, 1.165) is 31.4 Å². The highest BCUT2D eigenvalue weighted by Crippen LogP contribution is 2.35.